The Morgan fingerprint density at radius 1 is 1.25 bits per heavy atom. The number of halogens is 2. The Labute approximate surface area is 162 Å². The zero-order valence-electron chi connectivity index (χ0n) is 16.2. The highest BCUT2D eigenvalue weighted by Crippen LogP contribution is 2.70. The second-order valence-corrected chi connectivity index (χ2v) is 9.57. The van der Waals surface area contributed by atoms with Gasteiger partial charge in [0.25, 0.3) is 0 Å². The minimum atomic E-state index is -2.26. The molecule has 0 aromatic carbocycles. The first kappa shape index (κ1) is 19.7. The first-order chi connectivity index (χ1) is 12.8. The fourth-order valence-electron chi connectivity index (χ4n) is 7.00. The summed E-state index contributed by atoms with van der Waals surface area (Å²) < 4.78 is 31.9. The summed E-state index contributed by atoms with van der Waals surface area (Å²) in [5, 5.41) is 31.8. The minimum absolute atomic E-state index is 0.0287. The van der Waals surface area contributed by atoms with Crippen LogP contribution in [0.4, 0.5) is 8.78 Å². The molecule has 0 saturated heterocycles. The maximum atomic E-state index is 16.8. The molecule has 0 bridgehead atoms. The number of aliphatic hydroxyl groups excluding tert-OH is 1. The predicted octanol–water partition coefficient (Wildman–Crippen LogP) is 2.37. The van der Waals surface area contributed by atoms with Crippen molar-refractivity contribution < 1.29 is 33.7 Å². The van der Waals surface area contributed by atoms with E-state index in [1.807, 2.05) is 0 Å². The van der Waals surface area contributed by atoms with E-state index in [2.05, 4.69) is 0 Å². The summed E-state index contributed by atoms with van der Waals surface area (Å²) >= 11 is 0. The van der Waals surface area contributed by atoms with Crippen molar-refractivity contribution in [2.24, 2.45) is 28.6 Å². The van der Waals surface area contributed by atoms with Gasteiger partial charge in [0.05, 0.1) is 6.10 Å². The van der Waals surface area contributed by atoms with Gasteiger partial charge in [-0.2, -0.15) is 0 Å². The van der Waals surface area contributed by atoms with Crippen LogP contribution >= 0.6 is 0 Å². The molecule has 0 spiro atoms. The summed E-state index contributed by atoms with van der Waals surface area (Å²) in [6.07, 6.45) is 0.214. The third-order valence-corrected chi connectivity index (χ3v) is 8.54. The second-order valence-electron chi connectivity index (χ2n) is 9.57. The molecular weight excluding hydrogens is 370 g/mol. The van der Waals surface area contributed by atoms with Gasteiger partial charge < -0.3 is 15.3 Å². The van der Waals surface area contributed by atoms with Crippen LogP contribution in [0.15, 0.2) is 23.8 Å². The Bertz CT molecular complexity index is 824. The van der Waals surface area contributed by atoms with Crippen LogP contribution in [0, 0.1) is 28.6 Å². The normalized spacial score (nSPS) is 55.2. The summed E-state index contributed by atoms with van der Waals surface area (Å²) in [5.41, 5.74) is -7.14. The highest BCUT2D eigenvalue weighted by molar-refractivity contribution is 6.01. The number of carboxylic acid groups (broad SMARTS) is 1. The van der Waals surface area contributed by atoms with E-state index >= 15 is 8.78 Å². The van der Waals surface area contributed by atoms with E-state index in [1.165, 1.54) is 19.1 Å². The number of carbonyl (C=O) groups is 2. The van der Waals surface area contributed by atoms with Crippen LogP contribution in [0.2, 0.25) is 0 Å². The molecule has 0 aromatic heterocycles. The number of carboxylic acids is 1. The number of aliphatic carboxylic acids is 1. The quantitative estimate of drug-likeness (QED) is 0.633. The van der Waals surface area contributed by atoms with E-state index in [9.17, 15) is 24.9 Å². The number of fused-ring (bicyclic) bond motifs is 5. The van der Waals surface area contributed by atoms with Gasteiger partial charge in [0, 0.05) is 16.7 Å². The molecular formula is C21H26F2O5. The average molecular weight is 396 g/mol. The summed E-state index contributed by atoms with van der Waals surface area (Å²) in [4.78, 5) is 23.7. The van der Waals surface area contributed by atoms with E-state index < -0.39 is 63.9 Å². The minimum Gasteiger partial charge on any atom is -0.479 e. The third kappa shape index (κ3) is 1.92. The van der Waals surface area contributed by atoms with Crippen LogP contribution in [0.5, 0.6) is 0 Å². The van der Waals surface area contributed by atoms with Gasteiger partial charge in [-0.05, 0) is 55.7 Å². The standard InChI is InChI=1S/C21H26F2O5/c1-10-6-12-13-8-15(22)14-7-11(24)4-5-18(14,2)20(13,23)16(25)9-19(12,3)21(10,28)17(26)27/h4-5,7,10,12-13,15-16,25,28H,6,8-9H2,1-3H3,(H,26,27)/t10-,12+,13+,15+,16+,18+,19+,20+,21+/m1/s1. The predicted molar refractivity (Wildman–Crippen MR) is 95.8 cm³/mol. The lowest BCUT2D eigenvalue weighted by Crippen LogP contribution is -2.70. The van der Waals surface area contributed by atoms with Crippen molar-refractivity contribution in [1.29, 1.82) is 0 Å². The van der Waals surface area contributed by atoms with Crippen molar-refractivity contribution in [2.75, 3.05) is 0 Å². The zero-order chi connectivity index (χ0) is 20.9. The van der Waals surface area contributed by atoms with Gasteiger partial charge in [0.15, 0.2) is 17.1 Å². The third-order valence-electron chi connectivity index (χ3n) is 8.54. The molecule has 7 heteroatoms. The Balaban J connectivity index is 1.88. The van der Waals surface area contributed by atoms with Crippen molar-refractivity contribution >= 4 is 11.8 Å². The Hall–Kier alpha value is -1.60. The van der Waals surface area contributed by atoms with Gasteiger partial charge in [-0.1, -0.05) is 19.9 Å². The molecule has 3 fully saturated rings. The molecule has 0 radical (unpaired) electrons. The van der Waals surface area contributed by atoms with Crippen molar-refractivity contribution in [2.45, 2.75) is 63.6 Å². The topological polar surface area (TPSA) is 94.8 Å². The molecule has 154 valence electrons. The van der Waals surface area contributed by atoms with Gasteiger partial charge in [0.2, 0.25) is 0 Å². The largest absolute Gasteiger partial charge is 0.479 e. The van der Waals surface area contributed by atoms with Gasteiger partial charge >= 0.3 is 5.97 Å². The number of alkyl halides is 2. The number of rotatable bonds is 1. The SMILES string of the molecule is C[C@@H]1C[C@H]2[C@@H]3C[C@H](F)C4=CC(=O)C=C[C@]4(C)[C@@]3(F)[C@@H](O)C[C@]2(C)[C@@]1(O)C(=O)O. The van der Waals surface area contributed by atoms with Crippen molar-refractivity contribution in [3.05, 3.63) is 23.8 Å². The molecule has 3 N–H and O–H groups in total. The lowest BCUT2D eigenvalue weighted by Gasteiger charge is -2.62. The van der Waals surface area contributed by atoms with Crippen LogP contribution in [0.25, 0.3) is 0 Å². The Kier molecular flexibility index (Phi) is 3.88. The average Bonchev–Trinajstić information content (AvgIpc) is 2.81. The molecule has 0 aliphatic heterocycles. The smallest absolute Gasteiger partial charge is 0.336 e. The summed E-state index contributed by atoms with van der Waals surface area (Å²) in [7, 11) is 0. The molecule has 9 atom stereocenters. The maximum absolute atomic E-state index is 16.8. The number of aliphatic hydroxyl groups is 2. The number of hydrogen-bond donors (Lipinski definition) is 3. The Morgan fingerprint density at radius 3 is 2.50 bits per heavy atom. The number of ketones is 1. The van der Waals surface area contributed by atoms with Crippen molar-refractivity contribution in [1.82, 2.24) is 0 Å². The first-order valence-electron chi connectivity index (χ1n) is 9.76. The van der Waals surface area contributed by atoms with E-state index in [-0.39, 0.29) is 24.8 Å². The molecule has 4 aliphatic carbocycles. The summed E-state index contributed by atoms with van der Waals surface area (Å²) in [5.74, 6) is -4.07. The van der Waals surface area contributed by atoms with E-state index in [0.717, 1.165) is 6.08 Å². The van der Waals surface area contributed by atoms with Crippen LogP contribution in [-0.4, -0.2) is 50.6 Å². The fraction of sp³-hybridized carbons (Fsp3) is 0.714. The highest BCUT2D eigenvalue weighted by Gasteiger charge is 2.76. The fourth-order valence-corrected chi connectivity index (χ4v) is 7.00. The van der Waals surface area contributed by atoms with Crippen LogP contribution in [0.1, 0.15) is 40.0 Å². The van der Waals surface area contributed by atoms with Gasteiger partial charge in [-0.3, -0.25) is 4.79 Å². The van der Waals surface area contributed by atoms with E-state index in [1.54, 1.807) is 13.8 Å². The monoisotopic (exact) mass is 396 g/mol. The molecule has 3 saturated carbocycles. The first-order valence-corrected chi connectivity index (χ1v) is 9.76. The summed E-state index contributed by atoms with van der Waals surface area (Å²) in [6.45, 7) is 4.67. The Morgan fingerprint density at radius 2 is 1.89 bits per heavy atom. The number of carbonyl (C=O) groups excluding carboxylic acids is 1. The number of hydrogen-bond acceptors (Lipinski definition) is 4. The van der Waals surface area contributed by atoms with Gasteiger partial charge in [-0.15, -0.1) is 0 Å². The summed E-state index contributed by atoms with van der Waals surface area (Å²) in [6, 6.07) is 0. The molecule has 4 rings (SSSR count). The van der Waals surface area contributed by atoms with E-state index in [4.69, 9.17) is 0 Å². The molecule has 0 unspecified atom stereocenters. The van der Waals surface area contributed by atoms with Crippen LogP contribution in [-0.2, 0) is 9.59 Å². The van der Waals surface area contributed by atoms with Crippen molar-refractivity contribution in [3.63, 3.8) is 0 Å². The van der Waals surface area contributed by atoms with Gasteiger partial charge in [-0.25, -0.2) is 13.6 Å². The lowest BCUT2D eigenvalue weighted by atomic mass is 9.44. The molecule has 0 amide bonds. The highest BCUT2D eigenvalue weighted by atomic mass is 19.1. The van der Waals surface area contributed by atoms with Crippen LogP contribution < -0.4 is 0 Å². The molecule has 4 aliphatic rings. The second kappa shape index (κ2) is 5.51. The maximum Gasteiger partial charge on any atom is 0.336 e. The zero-order valence-corrected chi connectivity index (χ0v) is 16.2. The van der Waals surface area contributed by atoms with Gasteiger partial charge in [0.1, 0.15) is 6.17 Å². The lowest BCUT2D eigenvalue weighted by molar-refractivity contribution is -0.229. The van der Waals surface area contributed by atoms with Crippen LogP contribution in [0.3, 0.4) is 0 Å². The number of allylic oxidation sites excluding steroid dienone is 4. The molecule has 5 nitrogen and oxygen atoms in total. The van der Waals surface area contributed by atoms with Crippen molar-refractivity contribution in [3.8, 4) is 0 Å². The molecule has 28 heavy (non-hydrogen) atoms. The molecule has 0 aromatic rings. The molecule has 0 heterocycles. The van der Waals surface area contributed by atoms with E-state index in [0.29, 0.717) is 0 Å².